The van der Waals surface area contributed by atoms with Crippen molar-refractivity contribution in [3.05, 3.63) is 0 Å². The van der Waals surface area contributed by atoms with Crippen molar-refractivity contribution in [3.8, 4) is 0 Å². The Kier molecular flexibility index (Phi) is 4.67. The van der Waals surface area contributed by atoms with Gasteiger partial charge in [0.25, 0.3) is 0 Å². The van der Waals surface area contributed by atoms with E-state index in [1.54, 1.807) is 0 Å². The molecule has 0 saturated carbocycles. The standard InChI is InChI=1S/C6H15NO2/c1-4-5(2)7-6(8)9-3/h5-8H,4H2,1-3H3/t5-,6-/m1/s1. The van der Waals surface area contributed by atoms with Gasteiger partial charge in [-0.05, 0) is 13.3 Å². The summed E-state index contributed by atoms with van der Waals surface area (Å²) in [7, 11) is 1.46. The van der Waals surface area contributed by atoms with Crippen molar-refractivity contribution in [2.45, 2.75) is 32.7 Å². The van der Waals surface area contributed by atoms with Gasteiger partial charge in [0.2, 0.25) is 6.41 Å². The number of nitrogens with one attached hydrogen (secondary N) is 1. The summed E-state index contributed by atoms with van der Waals surface area (Å²) in [6, 6.07) is 0.306. The van der Waals surface area contributed by atoms with E-state index >= 15 is 0 Å². The molecule has 0 aliphatic heterocycles. The van der Waals surface area contributed by atoms with Gasteiger partial charge in [0.15, 0.2) is 0 Å². The molecule has 56 valence electrons. The predicted molar refractivity (Wildman–Crippen MR) is 35.9 cm³/mol. The van der Waals surface area contributed by atoms with Crippen LogP contribution in [-0.4, -0.2) is 24.7 Å². The first-order valence-corrected chi connectivity index (χ1v) is 3.17. The smallest absolute Gasteiger partial charge is 0.213 e. The van der Waals surface area contributed by atoms with Crippen LogP contribution < -0.4 is 5.32 Å². The summed E-state index contributed by atoms with van der Waals surface area (Å²) in [5.74, 6) is 0. The zero-order valence-corrected chi connectivity index (χ0v) is 6.22. The number of rotatable bonds is 4. The molecule has 0 aliphatic carbocycles. The Bertz CT molecular complexity index is 60.1. The molecule has 0 aromatic rings. The summed E-state index contributed by atoms with van der Waals surface area (Å²) in [5, 5.41) is 11.6. The highest BCUT2D eigenvalue weighted by molar-refractivity contribution is 4.54. The Balaban J connectivity index is 3.22. The molecule has 2 N–H and O–H groups in total. The Morgan fingerprint density at radius 2 is 2.22 bits per heavy atom. The van der Waals surface area contributed by atoms with Crippen molar-refractivity contribution < 1.29 is 9.84 Å². The zero-order valence-electron chi connectivity index (χ0n) is 6.22. The van der Waals surface area contributed by atoms with E-state index in [9.17, 15) is 0 Å². The first-order valence-electron chi connectivity index (χ1n) is 3.17. The van der Waals surface area contributed by atoms with E-state index in [4.69, 9.17) is 5.11 Å². The lowest BCUT2D eigenvalue weighted by molar-refractivity contribution is -0.102. The normalized spacial score (nSPS) is 17.3. The van der Waals surface area contributed by atoms with Gasteiger partial charge < -0.3 is 9.84 Å². The van der Waals surface area contributed by atoms with Crippen LogP contribution in [-0.2, 0) is 4.74 Å². The topological polar surface area (TPSA) is 41.5 Å². The first-order chi connectivity index (χ1) is 4.20. The molecular formula is C6H15NO2. The van der Waals surface area contributed by atoms with Crippen molar-refractivity contribution in [1.82, 2.24) is 5.32 Å². The number of hydrogen-bond donors (Lipinski definition) is 2. The maximum Gasteiger partial charge on any atom is 0.213 e. The molecule has 0 heterocycles. The molecule has 0 amide bonds. The van der Waals surface area contributed by atoms with Crippen LogP contribution in [0.4, 0.5) is 0 Å². The van der Waals surface area contributed by atoms with Crippen LogP contribution in [0.15, 0.2) is 0 Å². The molecule has 0 spiro atoms. The minimum atomic E-state index is -0.819. The van der Waals surface area contributed by atoms with Crippen molar-refractivity contribution in [2.75, 3.05) is 7.11 Å². The Morgan fingerprint density at radius 1 is 1.67 bits per heavy atom. The molecular weight excluding hydrogens is 118 g/mol. The molecule has 3 nitrogen and oxygen atoms in total. The third-order valence-electron chi connectivity index (χ3n) is 1.26. The summed E-state index contributed by atoms with van der Waals surface area (Å²) in [6.07, 6.45) is 0.167. The lowest BCUT2D eigenvalue weighted by atomic mass is 10.3. The van der Waals surface area contributed by atoms with Crippen LogP contribution in [0.2, 0.25) is 0 Å². The van der Waals surface area contributed by atoms with Crippen LogP contribution in [0.3, 0.4) is 0 Å². The van der Waals surface area contributed by atoms with Crippen LogP contribution in [0.25, 0.3) is 0 Å². The van der Waals surface area contributed by atoms with E-state index in [2.05, 4.69) is 10.1 Å². The predicted octanol–water partition coefficient (Wildman–Crippen LogP) is 0.297. The Labute approximate surface area is 56.0 Å². The molecule has 2 atom stereocenters. The van der Waals surface area contributed by atoms with Gasteiger partial charge >= 0.3 is 0 Å². The summed E-state index contributed by atoms with van der Waals surface area (Å²) >= 11 is 0. The Morgan fingerprint density at radius 3 is 2.56 bits per heavy atom. The van der Waals surface area contributed by atoms with E-state index in [0.29, 0.717) is 6.04 Å². The summed E-state index contributed by atoms with van der Waals surface area (Å²) in [5.41, 5.74) is 0. The van der Waals surface area contributed by atoms with Crippen molar-refractivity contribution in [1.29, 1.82) is 0 Å². The summed E-state index contributed by atoms with van der Waals surface area (Å²) < 4.78 is 4.57. The number of methoxy groups -OCH3 is 1. The number of aliphatic hydroxyl groups is 1. The van der Waals surface area contributed by atoms with Gasteiger partial charge in [-0.1, -0.05) is 6.92 Å². The van der Waals surface area contributed by atoms with Crippen molar-refractivity contribution in [3.63, 3.8) is 0 Å². The second kappa shape index (κ2) is 4.73. The van der Waals surface area contributed by atoms with Gasteiger partial charge in [0.05, 0.1) is 0 Å². The fourth-order valence-corrected chi connectivity index (χ4v) is 0.429. The molecule has 0 aromatic carbocycles. The second-order valence-electron chi connectivity index (χ2n) is 2.06. The number of hydrogen-bond acceptors (Lipinski definition) is 3. The van der Waals surface area contributed by atoms with Crippen molar-refractivity contribution in [2.24, 2.45) is 0 Å². The van der Waals surface area contributed by atoms with Crippen LogP contribution >= 0.6 is 0 Å². The summed E-state index contributed by atoms with van der Waals surface area (Å²) in [4.78, 5) is 0. The molecule has 0 fully saturated rings. The highest BCUT2D eigenvalue weighted by Crippen LogP contribution is 1.89. The third kappa shape index (κ3) is 4.39. The molecule has 9 heavy (non-hydrogen) atoms. The fourth-order valence-electron chi connectivity index (χ4n) is 0.429. The third-order valence-corrected chi connectivity index (χ3v) is 1.26. The van der Waals surface area contributed by atoms with E-state index in [1.807, 2.05) is 13.8 Å². The average molecular weight is 133 g/mol. The SMILES string of the molecule is CC[C@@H](C)N[C@H](O)OC. The highest BCUT2D eigenvalue weighted by atomic mass is 16.6. The maximum atomic E-state index is 8.83. The minimum absolute atomic E-state index is 0.306. The van der Waals surface area contributed by atoms with Crippen molar-refractivity contribution >= 4 is 0 Å². The fraction of sp³-hybridized carbons (Fsp3) is 1.00. The number of aliphatic hydroxyl groups excluding tert-OH is 1. The van der Waals surface area contributed by atoms with Gasteiger partial charge in [-0.15, -0.1) is 0 Å². The Hall–Kier alpha value is -0.120. The van der Waals surface area contributed by atoms with Crippen LogP contribution in [0.1, 0.15) is 20.3 Å². The molecule has 0 rings (SSSR count). The lowest BCUT2D eigenvalue weighted by Gasteiger charge is -2.15. The molecule has 0 aliphatic rings. The monoisotopic (exact) mass is 133 g/mol. The lowest BCUT2D eigenvalue weighted by Crippen LogP contribution is -2.37. The van der Waals surface area contributed by atoms with Crippen LogP contribution in [0, 0.1) is 0 Å². The van der Waals surface area contributed by atoms with Gasteiger partial charge in [0.1, 0.15) is 0 Å². The highest BCUT2D eigenvalue weighted by Gasteiger charge is 2.03. The van der Waals surface area contributed by atoms with Gasteiger partial charge in [0, 0.05) is 13.2 Å². The molecule has 0 unspecified atom stereocenters. The molecule has 3 heteroatoms. The molecule has 0 saturated heterocycles. The molecule has 0 bridgehead atoms. The second-order valence-corrected chi connectivity index (χ2v) is 2.06. The first kappa shape index (κ1) is 8.88. The van der Waals surface area contributed by atoms with E-state index in [1.165, 1.54) is 7.11 Å². The van der Waals surface area contributed by atoms with Gasteiger partial charge in [-0.3, -0.25) is 5.32 Å². The zero-order chi connectivity index (χ0) is 7.28. The largest absolute Gasteiger partial charge is 0.356 e. The van der Waals surface area contributed by atoms with Gasteiger partial charge in [-0.25, -0.2) is 0 Å². The van der Waals surface area contributed by atoms with Gasteiger partial charge in [-0.2, -0.15) is 0 Å². The minimum Gasteiger partial charge on any atom is -0.356 e. The van der Waals surface area contributed by atoms with E-state index in [0.717, 1.165) is 6.42 Å². The van der Waals surface area contributed by atoms with Crippen LogP contribution in [0.5, 0.6) is 0 Å². The molecule has 0 radical (unpaired) electrons. The number of ether oxygens (including phenoxy) is 1. The van der Waals surface area contributed by atoms with E-state index in [-0.39, 0.29) is 0 Å². The molecule has 0 aromatic heterocycles. The quantitative estimate of drug-likeness (QED) is 0.542. The maximum absolute atomic E-state index is 8.83. The van der Waals surface area contributed by atoms with E-state index < -0.39 is 6.41 Å². The average Bonchev–Trinajstić information content (AvgIpc) is 1.87. The summed E-state index contributed by atoms with van der Waals surface area (Å²) in [6.45, 7) is 4.03.